The van der Waals surface area contributed by atoms with Crippen LogP contribution in [-0.2, 0) is 6.42 Å². The van der Waals surface area contributed by atoms with E-state index >= 15 is 0 Å². The summed E-state index contributed by atoms with van der Waals surface area (Å²) in [5, 5.41) is 6.37. The van der Waals surface area contributed by atoms with E-state index in [2.05, 4.69) is 17.2 Å². The topological polar surface area (TPSA) is 41.1 Å². The molecular weight excluding hydrogens is 212 g/mol. The number of anilines is 1. The number of carbonyl (C=O) groups is 1. The lowest BCUT2D eigenvalue weighted by atomic mass is 9.99. The summed E-state index contributed by atoms with van der Waals surface area (Å²) in [5.41, 5.74) is 3.22. The Hall–Kier alpha value is -1.61. The van der Waals surface area contributed by atoms with Gasteiger partial charge in [-0.2, -0.15) is 0 Å². The third kappa shape index (κ3) is 2.94. The van der Waals surface area contributed by atoms with Crippen molar-refractivity contribution in [1.29, 1.82) is 0 Å². The first-order chi connectivity index (χ1) is 8.31. The standard InChI is InChI=1S/C14H18N2O/c1-2-7-15-10-14(17)12-5-6-13-11(9-12)4-3-8-16-13/h2,5-6,9,15-16H,1,3-4,7-8,10H2. The molecular formula is C14H18N2O. The van der Waals surface area contributed by atoms with Crippen molar-refractivity contribution in [2.75, 3.05) is 25.0 Å². The van der Waals surface area contributed by atoms with Crippen LogP contribution in [0.25, 0.3) is 0 Å². The number of benzene rings is 1. The Kier molecular flexibility index (Phi) is 3.94. The number of Topliss-reactive ketones (excluding diaryl/α,β-unsaturated/α-hetero) is 1. The van der Waals surface area contributed by atoms with Gasteiger partial charge >= 0.3 is 0 Å². The molecule has 0 atom stereocenters. The predicted molar refractivity (Wildman–Crippen MR) is 70.6 cm³/mol. The number of hydrogen-bond donors (Lipinski definition) is 2. The maximum Gasteiger partial charge on any atom is 0.176 e. The van der Waals surface area contributed by atoms with Crippen molar-refractivity contribution in [2.45, 2.75) is 12.8 Å². The molecule has 0 fully saturated rings. The molecule has 0 amide bonds. The van der Waals surface area contributed by atoms with Crippen molar-refractivity contribution in [3.63, 3.8) is 0 Å². The van der Waals surface area contributed by atoms with E-state index in [4.69, 9.17) is 0 Å². The van der Waals surface area contributed by atoms with Crippen molar-refractivity contribution in [3.8, 4) is 0 Å². The summed E-state index contributed by atoms with van der Waals surface area (Å²) < 4.78 is 0. The zero-order valence-electron chi connectivity index (χ0n) is 9.96. The first-order valence-corrected chi connectivity index (χ1v) is 6.03. The third-order valence-electron chi connectivity index (χ3n) is 2.94. The van der Waals surface area contributed by atoms with E-state index in [0.29, 0.717) is 13.1 Å². The second kappa shape index (κ2) is 5.64. The second-order valence-electron chi connectivity index (χ2n) is 4.25. The Bertz CT molecular complexity index is 426. The summed E-state index contributed by atoms with van der Waals surface area (Å²) in [6.07, 6.45) is 3.95. The van der Waals surface area contributed by atoms with Crippen LogP contribution in [0.4, 0.5) is 5.69 Å². The van der Waals surface area contributed by atoms with Gasteiger partial charge in [0.25, 0.3) is 0 Å². The highest BCUT2D eigenvalue weighted by atomic mass is 16.1. The molecule has 1 heterocycles. The number of aryl methyl sites for hydroxylation is 1. The van der Waals surface area contributed by atoms with Gasteiger partial charge in [0.15, 0.2) is 5.78 Å². The highest BCUT2D eigenvalue weighted by Gasteiger charge is 2.11. The first kappa shape index (κ1) is 11.9. The minimum Gasteiger partial charge on any atom is -0.385 e. The lowest BCUT2D eigenvalue weighted by Crippen LogP contribution is -2.23. The van der Waals surface area contributed by atoms with Gasteiger partial charge in [0.05, 0.1) is 6.54 Å². The van der Waals surface area contributed by atoms with Gasteiger partial charge in [-0.25, -0.2) is 0 Å². The number of nitrogens with one attached hydrogen (secondary N) is 2. The van der Waals surface area contributed by atoms with Crippen LogP contribution < -0.4 is 10.6 Å². The van der Waals surface area contributed by atoms with Gasteiger partial charge in [0.1, 0.15) is 0 Å². The molecule has 0 spiro atoms. The molecule has 0 saturated heterocycles. The van der Waals surface area contributed by atoms with Crippen LogP contribution >= 0.6 is 0 Å². The molecule has 2 N–H and O–H groups in total. The number of hydrogen-bond acceptors (Lipinski definition) is 3. The zero-order valence-corrected chi connectivity index (χ0v) is 9.96. The van der Waals surface area contributed by atoms with E-state index < -0.39 is 0 Å². The monoisotopic (exact) mass is 230 g/mol. The van der Waals surface area contributed by atoms with Crippen LogP contribution in [0, 0.1) is 0 Å². The molecule has 2 rings (SSSR count). The summed E-state index contributed by atoms with van der Waals surface area (Å²) in [6, 6.07) is 5.92. The lowest BCUT2D eigenvalue weighted by molar-refractivity contribution is 0.0992. The number of rotatable bonds is 5. The maximum absolute atomic E-state index is 11.9. The molecule has 0 unspecified atom stereocenters. The lowest BCUT2D eigenvalue weighted by Gasteiger charge is -2.18. The van der Waals surface area contributed by atoms with Crippen LogP contribution in [0.2, 0.25) is 0 Å². The molecule has 1 aliphatic heterocycles. The number of fused-ring (bicyclic) bond motifs is 1. The zero-order chi connectivity index (χ0) is 12.1. The molecule has 1 aromatic carbocycles. The molecule has 1 aliphatic rings. The van der Waals surface area contributed by atoms with Gasteiger partial charge in [-0.15, -0.1) is 6.58 Å². The molecule has 0 aromatic heterocycles. The third-order valence-corrected chi connectivity index (χ3v) is 2.94. The van der Waals surface area contributed by atoms with Crippen LogP contribution in [0.1, 0.15) is 22.3 Å². The highest BCUT2D eigenvalue weighted by molar-refractivity contribution is 5.98. The minimum absolute atomic E-state index is 0.139. The molecule has 3 heteroatoms. The predicted octanol–water partition coefficient (Wildman–Crippen LogP) is 2.00. The van der Waals surface area contributed by atoms with E-state index in [1.54, 1.807) is 6.08 Å². The Labute approximate surface area is 102 Å². The van der Waals surface area contributed by atoms with E-state index in [9.17, 15) is 4.79 Å². The summed E-state index contributed by atoms with van der Waals surface area (Å²) in [6.45, 7) is 5.67. The maximum atomic E-state index is 11.9. The fourth-order valence-corrected chi connectivity index (χ4v) is 2.04. The van der Waals surface area contributed by atoms with Crippen molar-refractivity contribution >= 4 is 11.5 Å². The van der Waals surface area contributed by atoms with Crippen molar-refractivity contribution < 1.29 is 4.79 Å². The first-order valence-electron chi connectivity index (χ1n) is 6.03. The van der Waals surface area contributed by atoms with Crippen molar-refractivity contribution in [3.05, 3.63) is 42.0 Å². The second-order valence-corrected chi connectivity index (χ2v) is 4.25. The average Bonchev–Trinajstić information content (AvgIpc) is 2.38. The molecule has 0 bridgehead atoms. The van der Waals surface area contributed by atoms with E-state index in [1.807, 2.05) is 18.2 Å². The number of carbonyl (C=O) groups excluding carboxylic acids is 1. The Morgan fingerprint density at radius 2 is 2.41 bits per heavy atom. The van der Waals surface area contributed by atoms with Crippen LogP contribution in [0.3, 0.4) is 0 Å². The summed E-state index contributed by atoms with van der Waals surface area (Å²) in [4.78, 5) is 11.9. The van der Waals surface area contributed by atoms with Gasteiger partial charge in [0, 0.05) is 24.3 Å². The van der Waals surface area contributed by atoms with Crippen LogP contribution in [0.15, 0.2) is 30.9 Å². The van der Waals surface area contributed by atoms with E-state index in [0.717, 1.165) is 24.9 Å². The normalized spacial score (nSPS) is 13.6. The van der Waals surface area contributed by atoms with E-state index in [-0.39, 0.29) is 5.78 Å². The van der Waals surface area contributed by atoms with Crippen LogP contribution in [-0.4, -0.2) is 25.4 Å². The van der Waals surface area contributed by atoms with Crippen LogP contribution in [0.5, 0.6) is 0 Å². The molecule has 0 saturated carbocycles. The fourth-order valence-electron chi connectivity index (χ4n) is 2.04. The largest absolute Gasteiger partial charge is 0.385 e. The van der Waals surface area contributed by atoms with Gasteiger partial charge in [0.2, 0.25) is 0 Å². The minimum atomic E-state index is 0.139. The Morgan fingerprint density at radius 1 is 1.53 bits per heavy atom. The van der Waals surface area contributed by atoms with Gasteiger partial charge in [-0.1, -0.05) is 6.08 Å². The van der Waals surface area contributed by atoms with Crippen molar-refractivity contribution in [2.24, 2.45) is 0 Å². The Morgan fingerprint density at radius 3 is 3.24 bits per heavy atom. The SMILES string of the molecule is C=CCNCC(=O)c1ccc2c(c1)CCCN2. The van der Waals surface area contributed by atoms with Gasteiger partial charge in [-0.3, -0.25) is 4.79 Å². The molecule has 1 aromatic rings. The quantitative estimate of drug-likeness (QED) is 0.462. The molecule has 0 radical (unpaired) electrons. The highest BCUT2D eigenvalue weighted by Crippen LogP contribution is 2.22. The number of ketones is 1. The van der Waals surface area contributed by atoms with Gasteiger partial charge < -0.3 is 10.6 Å². The van der Waals surface area contributed by atoms with Gasteiger partial charge in [-0.05, 0) is 36.6 Å². The van der Waals surface area contributed by atoms with Crippen molar-refractivity contribution in [1.82, 2.24) is 5.32 Å². The average molecular weight is 230 g/mol. The molecule has 90 valence electrons. The Balaban J connectivity index is 2.05. The smallest absolute Gasteiger partial charge is 0.176 e. The summed E-state index contributed by atoms with van der Waals surface area (Å²) in [5.74, 6) is 0.139. The molecule has 17 heavy (non-hydrogen) atoms. The fraction of sp³-hybridized carbons (Fsp3) is 0.357. The summed E-state index contributed by atoms with van der Waals surface area (Å²) >= 11 is 0. The summed E-state index contributed by atoms with van der Waals surface area (Å²) in [7, 11) is 0. The van der Waals surface area contributed by atoms with E-state index in [1.165, 1.54) is 11.3 Å². The molecule has 3 nitrogen and oxygen atoms in total. The molecule has 0 aliphatic carbocycles.